The summed E-state index contributed by atoms with van der Waals surface area (Å²) in [6.45, 7) is -0.187. The minimum absolute atomic E-state index is 0.187. The number of thiazole rings is 1. The summed E-state index contributed by atoms with van der Waals surface area (Å²) in [5.74, 6) is -0.393. The Bertz CT molecular complexity index is 1260. The van der Waals surface area contributed by atoms with Crippen molar-refractivity contribution in [3.8, 4) is 11.3 Å². The lowest BCUT2D eigenvalue weighted by atomic mass is 10.2. The van der Waals surface area contributed by atoms with Gasteiger partial charge in [0.2, 0.25) is 5.91 Å². The van der Waals surface area contributed by atoms with Gasteiger partial charge in [0.1, 0.15) is 18.3 Å². The summed E-state index contributed by atoms with van der Waals surface area (Å²) < 4.78 is 2.73. The third-order valence-electron chi connectivity index (χ3n) is 3.99. The Labute approximate surface area is 172 Å². The largest absolute Gasteiger partial charge is 0.300 e. The van der Waals surface area contributed by atoms with Gasteiger partial charge in [-0.1, -0.05) is 23.2 Å². The zero-order chi connectivity index (χ0) is 19.8. The van der Waals surface area contributed by atoms with Crippen molar-refractivity contribution in [2.24, 2.45) is 7.05 Å². The number of carbonyl (C=O) groups excluding carboxylic acids is 1. The topological polar surface area (TPSA) is 94.7 Å². The standard InChI is InChI=1S/C17H12Cl2N6O2S/c1-24-15-11(5-21-24)16(27)25(8-20-15)6-14(26)23-17-22-13(7-28-17)10-3-2-9(18)4-12(10)19/h2-5,7-8H,6H2,1H3,(H,22,23,26). The first kappa shape index (κ1) is 18.6. The highest BCUT2D eigenvalue weighted by Crippen LogP contribution is 2.32. The molecule has 11 heteroatoms. The predicted molar refractivity (Wildman–Crippen MR) is 109 cm³/mol. The third kappa shape index (κ3) is 3.51. The van der Waals surface area contributed by atoms with Crippen LogP contribution in [0.15, 0.2) is 40.9 Å². The monoisotopic (exact) mass is 434 g/mol. The molecule has 0 atom stereocenters. The maximum atomic E-state index is 12.4. The van der Waals surface area contributed by atoms with Crippen molar-refractivity contribution < 1.29 is 4.79 Å². The van der Waals surface area contributed by atoms with Crippen LogP contribution in [0.1, 0.15) is 0 Å². The van der Waals surface area contributed by atoms with Crippen LogP contribution in [-0.2, 0) is 18.4 Å². The molecule has 3 heterocycles. The van der Waals surface area contributed by atoms with Gasteiger partial charge in [-0.15, -0.1) is 11.3 Å². The van der Waals surface area contributed by atoms with Crippen LogP contribution in [-0.4, -0.2) is 30.2 Å². The Morgan fingerprint density at radius 1 is 1.32 bits per heavy atom. The number of hydrogen-bond acceptors (Lipinski definition) is 6. The lowest BCUT2D eigenvalue weighted by molar-refractivity contribution is -0.116. The fourth-order valence-electron chi connectivity index (χ4n) is 2.64. The lowest BCUT2D eigenvalue weighted by Gasteiger charge is -2.05. The minimum atomic E-state index is -0.393. The normalized spacial score (nSPS) is 11.1. The molecule has 142 valence electrons. The van der Waals surface area contributed by atoms with Crippen LogP contribution < -0.4 is 10.9 Å². The molecular weight excluding hydrogens is 423 g/mol. The number of hydrogen-bond donors (Lipinski definition) is 1. The number of aryl methyl sites for hydroxylation is 1. The van der Waals surface area contributed by atoms with Crippen molar-refractivity contribution in [2.45, 2.75) is 6.54 Å². The maximum absolute atomic E-state index is 12.4. The lowest BCUT2D eigenvalue weighted by Crippen LogP contribution is -2.27. The molecule has 0 aliphatic rings. The molecule has 0 spiro atoms. The summed E-state index contributed by atoms with van der Waals surface area (Å²) in [7, 11) is 1.69. The van der Waals surface area contributed by atoms with Crippen molar-refractivity contribution in [3.63, 3.8) is 0 Å². The van der Waals surface area contributed by atoms with E-state index in [4.69, 9.17) is 23.2 Å². The van der Waals surface area contributed by atoms with Crippen LogP contribution in [0.3, 0.4) is 0 Å². The quantitative estimate of drug-likeness (QED) is 0.531. The van der Waals surface area contributed by atoms with E-state index in [1.54, 1.807) is 30.6 Å². The molecule has 8 nitrogen and oxygen atoms in total. The molecule has 0 saturated carbocycles. The average molecular weight is 435 g/mol. The molecule has 1 amide bonds. The number of fused-ring (bicyclic) bond motifs is 1. The van der Waals surface area contributed by atoms with Gasteiger partial charge < -0.3 is 5.32 Å². The van der Waals surface area contributed by atoms with E-state index in [1.807, 2.05) is 0 Å². The van der Waals surface area contributed by atoms with E-state index in [2.05, 4.69) is 20.4 Å². The minimum Gasteiger partial charge on any atom is -0.300 e. The van der Waals surface area contributed by atoms with Crippen molar-refractivity contribution >= 4 is 56.6 Å². The van der Waals surface area contributed by atoms with E-state index in [0.29, 0.717) is 37.5 Å². The smallest absolute Gasteiger partial charge is 0.264 e. The first-order chi connectivity index (χ1) is 13.4. The SMILES string of the molecule is Cn1ncc2c(=O)n(CC(=O)Nc3nc(-c4ccc(Cl)cc4Cl)cs3)cnc21. The summed E-state index contributed by atoms with van der Waals surface area (Å²) in [5.41, 5.74) is 1.47. The molecular formula is C17H12Cl2N6O2S. The Hall–Kier alpha value is -2.75. The molecule has 0 aliphatic heterocycles. The van der Waals surface area contributed by atoms with Gasteiger partial charge in [-0.2, -0.15) is 5.10 Å². The predicted octanol–water partition coefficient (Wildman–Crippen LogP) is 3.20. The highest BCUT2D eigenvalue weighted by Gasteiger charge is 2.13. The van der Waals surface area contributed by atoms with Crippen LogP contribution >= 0.6 is 34.5 Å². The summed E-state index contributed by atoms with van der Waals surface area (Å²) >= 11 is 13.4. The van der Waals surface area contributed by atoms with Gasteiger partial charge in [0.15, 0.2) is 10.8 Å². The summed E-state index contributed by atoms with van der Waals surface area (Å²) in [6, 6.07) is 5.11. The van der Waals surface area contributed by atoms with Crippen molar-refractivity contribution in [1.29, 1.82) is 0 Å². The number of anilines is 1. The Balaban J connectivity index is 1.51. The van der Waals surface area contributed by atoms with Gasteiger partial charge in [-0.05, 0) is 18.2 Å². The molecule has 0 fully saturated rings. The molecule has 0 radical (unpaired) electrons. The summed E-state index contributed by atoms with van der Waals surface area (Å²) in [5, 5.41) is 10.2. The van der Waals surface area contributed by atoms with Gasteiger partial charge in [-0.3, -0.25) is 18.8 Å². The second-order valence-electron chi connectivity index (χ2n) is 5.89. The van der Waals surface area contributed by atoms with Gasteiger partial charge in [0.05, 0.1) is 16.9 Å². The zero-order valence-electron chi connectivity index (χ0n) is 14.4. The molecule has 1 aromatic carbocycles. The molecule has 4 rings (SSSR count). The Kier molecular flexibility index (Phi) is 4.88. The maximum Gasteiger partial charge on any atom is 0.264 e. The number of rotatable bonds is 4. The van der Waals surface area contributed by atoms with Crippen molar-refractivity contribution in [3.05, 3.63) is 56.5 Å². The van der Waals surface area contributed by atoms with E-state index in [0.717, 1.165) is 0 Å². The fraction of sp³-hybridized carbons (Fsp3) is 0.118. The fourth-order valence-corrected chi connectivity index (χ4v) is 3.88. The summed E-state index contributed by atoms with van der Waals surface area (Å²) in [4.78, 5) is 33.3. The first-order valence-electron chi connectivity index (χ1n) is 8.00. The second-order valence-corrected chi connectivity index (χ2v) is 7.60. The van der Waals surface area contributed by atoms with E-state index < -0.39 is 5.91 Å². The van der Waals surface area contributed by atoms with Crippen LogP contribution in [0, 0.1) is 0 Å². The van der Waals surface area contributed by atoms with Gasteiger partial charge >= 0.3 is 0 Å². The second kappa shape index (κ2) is 7.34. The molecule has 3 aromatic heterocycles. The van der Waals surface area contributed by atoms with Crippen LogP contribution in [0.5, 0.6) is 0 Å². The Morgan fingerprint density at radius 3 is 2.93 bits per heavy atom. The van der Waals surface area contributed by atoms with Gasteiger partial charge in [-0.25, -0.2) is 9.97 Å². The molecule has 1 N–H and O–H groups in total. The third-order valence-corrected chi connectivity index (χ3v) is 5.30. The Morgan fingerprint density at radius 2 is 2.14 bits per heavy atom. The highest BCUT2D eigenvalue weighted by molar-refractivity contribution is 7.14. The van der Waals surface area contributed by atoms with E-state index in [9.17, 15) is 9.59 Å². The molecule has 0 saturated heterocycles. The van der Waals surface area contributed by atoms with E-state index >= 15 is 0 Å². The van der Waals surface area contributed by atoms with Crippen LogP contribution in [0.2, 0.25) is 10.0 Å². The number of nitrogens with zero attached hydrogens (tertiary/aromatic N) is 5. The molecule has 0 bridgehead atoms. The van der Waals surface area contributed by atoms with Crippen molar-refractivity contribution in [2.75, 3.05) is 5.32 Å². The van der Waals surface area contributed by atoms with Crippen molar-refractivity contribution in [1.82, 2.24) is 24.3 Å². The molecule has 0 unspecified atom stereocenters. The zero-order valence-corrected chi connectivity index (χ0v) is 16.7. The number of halogens is 2. The summed E-state index contributed by atoms with van der Waals surface area (Å²) in [6.07, 6.45) is 2.76. The number of carbonyl (C=O) groups is 1. The molecule has 4 aromatic rings. The van der Waals surface area contributed by atoms with E-state index in [1.165, 1.54) is 33.1 Å². The van der Waals surface area contributed by atoms with Crippen LogP contribution in [0.25, 0.3) is 22.3 Å². The van der Waals surface area contributed by atoms with Crippen LogP contribution in [0.4, 0.5) is 5.13 Å². The number of benzene rings is 1. The number of amides is 1. The molecule has 0 aliphatic carbocycles. The average Bonchev–Trinajstić information content (AvgIpc) is 3.25. The van der Waals surface area contributed by atoms with Gasteiger partial charge in [0, 0.05) is 23.0 Å². The molecule has 28 heavy (non-hydrogen) atoms. The number of aromatic nitrogens is 5. The number of nitrogens with one attached hydrogen (secondary N) is 1. The first-order valence-corrected chi connectivity index (χ1v) is 9.64. The van der Waals surface area contributed by atoms with E-state index in [-0.39, 0.29) is 12.1 Å². The van der Waals surface area contributed by atoms with Gasteiger partial charge in [0.25, 0.3) is 5.56 Å². The highest BCUT2D eigenvalue weighted by atomic mass is 35.5.